The Morgan fingerprint density at radius 3 is 2.53 bits per heavy atom. The molecule has 0 aromatic heterocycles. The highest BCUT2D eigenvalue weighted by atomic mass is 32.2. The van der Waals surface area contributed by atoms with Gasteiger partial charge in [0.25, 0.3) is 0 Å². The summed E-state index contributed by atoms with van der Waals surface area (Å²) in [5, 5.41) is 3.00. The van der Waals surface area contributed by atoms with Crippen LogP contribution in [-0.4, -0.2) is 27.3 Å². The van der Waals surface area contributed by atoms with Crippen LogP contribution in [0.5, 0.6) is 0 Å². The smallest absolute Gasteiger partial charge is 0.316 e. The molecule has 0 bridgehead atoms. The van der Waals surface area contributed by atoms with Crippen LogP contribution >= 0.6 is 0 Å². The highest BCUT2D eigenvalue weighted by molar-refractivity contribution is 7.91. The maximum atomic E-state index is 12.8. The maximum absolute atomic E-state index is 12.8. The number of benzene rings is 1. The van der Waals surface area contributed by atoms with Crippen molar-refractivity contribution in [1.29, 1.82) is 0 Å². The predicted octanol–water partition coefficient (Wildman–Crippen LogP) is 2.09. The van der Waals surface area contributed by atoms with E-state index < -0.39 is 26.5 Å². The van der Waals surface area contributed by atoms with Gasteiger partial charge in [-0.1, -0.05) is 12.1 Å². The van der Waals surface area contributed by atoms with Gasteiger partial charge in [0.15, 0.2) is 9.84 Å². The fourth-order valence-electron chi connectivity index (χ4n) is 2.23. The van der Waals surface area contributed by atoms with Crippen molar-refractivity contribution in [2.75, 3.05) is 18.8 Å². The van der Waals surface area contributed by atoms with E-state index in [4.69, 9.17) is 0 Å². The fraction of sp³-hybridized carbons (Fsp3) is 0.500. The first-order chi connectivity index (χ1) is 8.81. The summed E-state index contributed by atoms with van der Waals surface area (Å²) in [6, 6.07) is 4.34. The van der Waals surface area contributed by atoms with Crippen molar-refractivity contribution in [3.05, 3.63) is 29.8 Å². The lowest BCUT2D eigenvalue weighted by molar-refractivity contribution is -0.139. The molecule has 1 aromatic rings. The van der Waals surface area contributed by atoms with Gasteiger partial charge >= 0.3 is 6.18 Å². The van der Waals surface area contributed by atoms with E-state index in [-0.39, 0.29) is 11.7 Å². The summed E-state index contributed by atoms with van der Waals surface area (Å²) in [5.74, 6) is -0.362. The summed E-state index contributed by atoms with van der Waals surface area (Å²) in [5.41, 5.74) is -1.08. The van der Waals surface area contributed by atoms with Crippen LogP contribution in [0.4, 0.5) is 13.2 Å². The van der Waals surface area contributed by atoms with Gasteiger partial charge in [0.2, 0.25) is 0 Å². The van der Waals surface area contributed by atoms with E-state index in [0.717, 1.165) is 12.1 Å². The summed E-state index contributed by atoms with van der Waals surface area (Å²) in [6.45, 7) is 1.24. The largest absolute Gasteiger partial charge is 0.417 e. The number of hydrogen-bond donors (Lipinski definition) is 1. The zero-order chi connectivity index (χ0) is 14.1. The first-order valence-corrected chi connectivity index (χ1v) is 7.55. The molecule has 1 N–H and O–H groups in total. The van der Waals surface area contributed by atoms with E-state index in [1.54, 1.807) is 0 Å². The van der Waals surface area contributed by atoms with Crippen molar-refractivity contribution in [2.45, 2.75) is 17.5 Å². The molecule has 7 heteroatoms. The van der Waals surface area contributed by atoms with Crippen LogP contribution in [0, 0.1) is 5.92 Å². The third-order valence-electron chi connectivity index (χ3n) is 3.15. The zero-order valence-corrected chi connectivity index (χ0v) is 10.9. The Kier molecular flexibility index (Phi) is 3.87. The third-order valence-corrected chi connectivity index (χ3v) is 5.08. The molecule has 0 spiro atoms. The van der Waals surface area contributed by atoms with Crippen molar-refractivity contribution < 1.29 is 21.6 Å². The molecule has 1 atom stereocenters. The molecule has 1 unspecified atom stereocenters. The number of alkyl halides is 3. The average Bonchev–Trinajstić information content (AvgIpc) is 2.80. The van der Waals surface area contributed by atoms with E-state index >= 15 is 0 Å². The first kappa shape index (κ1) is 14.3. The van der Waals surface area contributed by atoms with Crippen LogP contribution in [0.3, 0.4) is 0 Å². The Balaban J connectivity index is 2.35. The van der Waals surface area contributed by atoms with Crippen molar-refractivity contribution in [3.8, 4) is 0 Å². The monoisotopic (exact) mass is 293 g/mol. The zero-order valence-electron chi connectivity index (χ0n) is 10.1. The third kappa shape index (κ3) is 3.27. The van der Waals surface area contributed by atoms with Crippen LogP contribution in [0.25, 0.3) is 0 Å². The minimum absolute atomic E-state index is 0.119. The van der Waals surface area contributed by atoms with Gasteiger partial charge in [-0.25, -0.2) is 8.42 Å². The molecule has 1 heterocycles. The Morgan fingerprint density at radius 2 is 1.95 bits per heavy atom. The summed E-state index contributed by atoms with van der Waals surface area (Å²) >= 11 is 0. The molecule has 1 saturated heterocycles. The minimum Gasteiger partial charge on any atom is -0.316 e. The molecular formula is C12H14F3NO2S. The number of sulfone groups is 1. The molecule has 19 heavy (non-hydrogen) atoms. The second-order valence-electron chi connectivity index (χ2n) is 4.63. The molecule has 2 rings (SSSR count). The molecule has 0 aliphatic carbocycles. The highest BCUT2D eigenvalue weighted by Gasteiger charge is 2.37. The lowest BCUT2D eigenvalue weighted by atomic mass is 10.2. The molecule has 1 fully saturated rings. The Morgan fingerprint density at radius 1 is 1.26 bits per heavy atom. The Bertz CT molecular complexity index is 548. The average molecular weight is 293 g/mol. The lowest BCUT2D eigenvalue weighted by Crippen LogP contribution is -2.21. The SMILES string of the molecule is O=S(=O)(CC1CCNC1)c1ccccc1C(F)(F)F. The molecule has 1 aliphatic rings. The topological polar surface area (TPSA) is 46.2 Å². The summed E-state index contributed by atoms with van der Waals surface area (Å²) in [6.07, 6.45) is -3.98. The van der Waals surface area contributed by atoms with Gasteiger partial charge in [-0.05, 0) is 37.6 Å². The minimum atomic E-state index is -4.66. The van der Waals surface area contributed by atoms with E-state index in [1.807, 2.05) is 0 Å². The standard InChI is InChI=1S/C12H14F3NO2S/c13-12(14,15)10-3-1-2-4-11(10)19(17,18)8-9-5-6-16-7-9/h1-4,9,16H,5-8H2. The summed E-state index contributed by atoms with van der Waals surface area (Å²) in [7, 11) is -3.92. The van der Waals surface area contributed by atoms with Gasteiger partial charge in [0, 0.05) is 0 Å². The number of rotatable bonds is 3. The maximum Gasteiger partial charge on any atom is 0.417 e. The molecule has 0 radical (unpaired) electrons. The highest BCUT2D eigenvalue weighted by Crippen LogP contribution is 2.34. The fourth-order valence-corrected chi connectivity index (χ4v) is 4.12. The van der Waals surface area contributed by atoms with Crippen molar-refractivity contribution >= 4 is 9.84 Å². The second kappa shape index (κ2) is 5.13. The lowest BCUT2D eigenvalue weighted by Gasteiger charge is -2.15. The molecular weight excluding hydrogens is 279 g/mol. The first-order valence-electron chi connectivity index (χ1n) is 5.90. The van der Waals surface area contributed by atoms with Gasteiger partial charge in [0.1, 0.15) is 0 Å². The van der Waals surface area contributed by atoms with Gasteiger partial charge in [-0.3, -0.25) is 0 Å². The predicted molar refractivity (Wildman–Crippen MR) is 64.5 cm³/mol. The van der Waals surface area contributed by atoms with Gasteiger partial charge in [-0.15, -0.1) is 0 Å². The van der Waals surface area contributed by atoms with Crippen molar-refractivity contribution in [3.63, 3.8) is 0 Å². The van der Waals surface area contributed by atoms with Gasteiger partial charge in [-0.2, -0.15) is 13.2 Å². The number of nitrogens with one attached hydrogen (secondary N) is 1. The number of hydrogen-bond acceptors (Lipinski definition) is 3. The van der Waals surface area contributed by atoms with Crippen LogP contribution < -0.4 is 5.32 Å². The van der Waals surface area contributed by atoms with Gasteiger partial charge < -0.3 is 5.32 Å². The Hall–Kier alpha value is -1.08. The van der Waals surface area contributed by atoms with E-state index in [1.165, 1.54) is 12.1 Å². The molecule has 1 aromatic carbocycles. The van der Waals surface area contributed by atoms with Crippen LogP contribution in [0.15, 0.2) is 29.2 Å². The van der Waals surface area contributed by atoms with Crippen LogP contribution in [0.1, 0.15) is 12.0 Å². The van der Waals surface area contributed by atoms with E-state index in [0.29, 0.717) is 19.5 Å². The molecule has 1 aliphatic heterocycles. The number of halogens is 3. The quantitative estimate of drug-likeness (QED) is 0.928. The molecule has 0 saturated carbocycles. The Labute approximate surface area is 109 Å². The van der Waals surface area contributed by atoms with E-state index in [9.17, 15) is 21.6 Å². The van der Waals surface area contributed by atoms with Crippen molar-refractivity contribution in [1.82, 2.24) is 5.32 Å². The van der Waals surface area contributed by atoms with Crippen LogP contribution in [-0.2, 0) is 16.0 Å². The molecule has 3 nitrogen and oxygen atoms in total. The summed E-state index contributed by atoms with van der Waals surface area (Å²) in [4.78, 5) is -0.616. The molecule has 0 amide bonds. The van der Waals surface area contributed by atoms with Gasteiger partial charge in [0.05, 0.1) is 16.2 Å². The van der Waals surface area contributed by atoms with Crippen LogP contribution in [0.2, 0.25) is 0 Å². The normalized spacial score (nSPS) is 20.7. The van der Waals surface area contributed by atoms with E-state index in [2.05, 4.69) is 5.32 Å². The summed E-state index contributed by atoms with van der Waals surface area (Å²) < 4.78 is 62.7. The second-order valence-corrected chi connectivity index (χ2v) is 6.64. The molecule has 106 valence electrons. The van der Waals surface area contributed by atoms with Crippen molar-refractivity contribution in [2.24, 2.45) is 5.92 Å².